The van der Waals surface area contributed by atoms with E-state index in [0.717, 1.165) is 16.8 Å². The highest BCUT2D eigenvalue weighted by atomic mass is 32.1. The molecular weight excluding hydrogens is 180 g/mol. The van der Waals surface area contributed by atoms with Crippen LogP contribution in [0.1, 0.15) is 12.5 Å². The molecule has 13 heavy (non-hydrogen) atoms. The van der Waals surface area contributed by atoms with E-state index in [1.807, 2.05) is 6.07 Å². The van der Waals surface area contributed by atoms with Crippen molar-refractivity contribution in [2.45, 2.75) is 13.3 Å². The van der Waals surface area contributed by atoms with Crippen molar-refractivity contribution in [2.24, 2.45) is 0 Å². The molecule has 0 bridgehead atoms. The molecule has 0 aliphatic rings. The second kappa shape index (κ2) is 2.92. The number of nitrogen functional groups attached to an aromatic ring is 2. The van der Waals surface area contributed by atoms with Gasteiger partial charge in [0.05, 0.1) is 16.1 Å². The topological polar surface area (TPSA) is 52.0 Å². The summed E-state index contributed by atoms with van der Waals surface area (Å²) in [7, 11) is 0. The van der Waals surface area contributed by atoms with Crippen molar-refractivity contribution >= 4 is 32.8 Å². The van der Waals surface area contributed by atoms with Gasteiger partial charge in [0.25, 0.3) is 0 Å². The molecule has 0 aliphatic carbocycles. The summed E-state index contributed by atoms with van der Waals surface area (Å²) in [6, 6.07) is 3.93. The van der Waals surface area contributed by atoms with Crippen molar-refractivity contribution in [2.75, 3.05) is 11.5 Å². The van der Waals surface area contributed by atoms with Gasteiger partial charge >= 0.3 is 0 Å². The Morgan fingerprint density at radius 2 is 2.08 bits per heavy atom. The number of benzene rings is 1. The molecule has 68 valence electrons. The highest BCUT2D eigenvalue weighted by Crippen LogP contribution is 2.34. The highest BCUT2D eigenvalue weighted by Gasteiger charge is 2.06. The van der Waals surface area contributed by atoms with Gasteiger partial charge in [-0.05, 0) is 28.8 Å². The third-order valence-electron chi connectivity index (χ3n) is 2.28. The van der Waals surface area contributed by atoms with Crippen LogP contribution in [0, 0.1) is 0 Å². The van der Waals surface area contributed by atoms with Crippen LogP contribution >= 0.6 is 11.3 Å². The van der Waals surface area contributed by atoms with Gasteiger partial charge in [0.1, 0.15) is 0 Å². The summed E-state index contributed by atoms with van der Waals surface area (Å²) in [4.78, 5) is 0. The first-order valence-electron chi connectivity index (χ1n) is 4.28. The van der Waals surface area contributed by atoms with Gasteiger partial charge < -0.3 is 11.5 Å². The zero-order chi connectivity index (χ0) is 9.42. The van der Waals surface area contributed by atoms with E-state index in [9.17, 15) is 0 Å². The van der Waals surface area contributed by atoms with E-state index < -0.39 is 0 Å². The summed E-state index contributed by atoms with van der Waals surface area (Å²) in [5, 5.41) is 3.40. The average Bonchev–Trinajstić information content (AvgIpc) is 2.55. The number of hydrogen-bond acceptors (Lipinski definition) is 3. The van der Waals surface area contributed by atoms with Gasteiger partial charge in [-0.3, -0.25) is 0 Å². The van der Waals surface area contributed by atoms with Crippen LogP contribution in [0.3, 0.4) is 0 Å². The van der Waals surface area contributed by atoms with Gasteiger partial charge in [-0.25, -0.2) is 0 Å². The monoisotopic (exact) mass is 192 g/mol. The van der Waals surface area contributed by atoms with Crippen LogP contribution in [0.25, 0.3) is 10.1 Å². The molecule has 4 N–H and O–H groups in total. The lowest BCUT2D eigenvalue weighted by atomic mass is 10.1. The number of thiophene rings is 1. The number of aryl methyl sites for hydroxylation is 1. The van der Waals surface area contributed by atoms with Crippen LogP contribution in [-0.2, 0) is 6.42 Å². The SMILES string of the molecule is CCc1csc2c(N)c(N)ccc12. The second-order valence-corrected chi connectivity index (χ2v) is 3.94. The Balaban J connectivity index is 2.81. The van der Waals surface area contributed by atoms with Crippen molar-refractivity contribution in [1.29, 1.82) is 0 Å². The van der Waals surface area contributed by atoms with E-state index in [-0.39, 0.29) is 0 Å². The molecule has 1 aromatic carbocycles. The van der Waals surface area contributed by atoms with Crippen molar-refractivity contribution in [3.63, 3.8) is 0 Å². The van der Waals surface area contributed by atoms with E-state index in [2.05, 4.69) is 18.4 Å². The maximum absolute atomic E-state index is 5.87. The fraction of sp³-hybridized carbons (Fsp3) is 0.200. The number of fused-ring (bicyclic) bond motifs is 1. The summed E-state index contributed by atoms with van der Waals surface area (Å²) >= 11 is 1.67. The normalized spacial score (nSPS) is 10.8. The van der Waals surface area contributed by atoms with Gasteiger partial charge in [0.2, 0.25) is 0 Å². The number of anilines is 2. The number of hydrogen-bond donors (Lipinski definition) is 2. The lowest BCUT2D eigenvalue weighted by Gasteiger charge is -2.01. The zero-order valence-electron chi connectivity index (χ0n) is 7.50. The number of rotatable bonds is 1. The molecule has 0 amide bonds. The fourth-order valence-electron chi connectivity index (χ4n) is 1.46. The highest BCUT2D eigenvalue weighted by molar-refractivity contribution is 7.18. The maximum atomic E-state index is 5.87. The van der Waals surface area contributed by atoms with Crippen LogP contribution in [0.2, 0.25) is 0 Å². The van der Waals surface area contributed by atoms with Gasteiger partial charge in [0, 0.05) is 0 Å². The Morgan fingerprint density at radius 1 is 1.31 bits per heavy atom. The molecule has 3 heteroatoms. The minimum Gasteiger partial charge on any atom is -0.397 e. The quantitative estimate of drug-likeness (QED) is 0.682. The van der Waals surface area contributed by atoms with Gasteiger partial charge in [-0.1, -0.05) is 13.0 Å². The minimum absolute atomic E-state index is 0.678. The number of nitrogens with two attached hydrogens (primary N) is 2. The Labute approximate surface area is 81.2 Å². The Morgan fingerprint density at radius 3 is 2.77 bits per heavy atom. The van der Waals surface area contributed by atoms with Crippen molar-refractivity contribution in [3.8, 4) is 0 Å². The maximum Gasteiger partial charge on any atom is 0.0729 e. The molecule has 0 saturated heterocycles. The predicted octanol–water partition coefficient (Wildman–Crippen LogP) is 2.63. The van der Waals surface area contributed by atoms with Crippen LogP contribution in [0.5, 0.6) is 0 Å². The molecule has 0 radical (unpaired) electrons. The van der Waals surface area contributed by atoms with Crippen molar-refractivity contribution in [3.05, 3.63) is 23.1 Å². The molecule has 1 heterocycles. The van der Waals surface area contributed by atoms with Crippen molar-refractivity contribution in [1.82, 2.24) is 0 Å². The molecule has 0 spiro atoms. The summed E-state index contributed by atoms with van der Waals surface area (Å²) in [6.45, 7) is 2.15. The summed E-state index contributed by atoms with van der Waals surface area (Å²) in [6.07, 6.45) is 1.04. The molecule has 0 fully saturated rings. The summed E-state index contributed by atoms with van der Waals surface area (Å²) < 4.78 is 1.12. The largest absolute Gasteiger partial charge is 0.397 e. The molecule has 0 atom stereocenters. The Kier molecular flexibility index (Phi) is 1.88. The molecule has 2 aromatic rings. The molecule has 2 rings (SSSR count). The summed E-state index contributed by atoms with van der Waals surface area (Å²) in [5.41, 5.74) is 14.3. The molecule has 0 aliphatic heterocycles. The molecular formula is C10H12N2S. The van der Waals surface area contributed by atoms with Gasteiger partial charge in [-0.15, -0.1) is 11.3 Å². The average molecular weight is 192 g/mol. The predicted molar refractivity (Wildman–Crippen MR) is 60.0 cm³/mol. The minimum atomic E-state index is 0.678. The first kappa shape index (κ1) is 8.38. The van der Waals surface area contributed by atoms with Crippen LogP contribution < -0.4 is 11.5 Å². The van der Waals surface area contributed by atoms with Crippen molar-refractivity contribution < 1.29 is 0 Å². The molecule has 0 unspecified atom stereocenters. The third kappa shape index (κ3) is 1.16. The smallest absolute Gasteiger partial charge is 0.0729 e. The van der Waals surface area contributed by atoms with E-state index in [1.165, 1.54) is 10.9 Å². The Bertz CT molecular complexity index is 445. The fourth-order valence-corrected chi connectivity index (χ4v) is 2.59. The lowest BCUT2D eigenvalue weighted by Crippen LogP contribution is -1.93. The first-order chi connectivity index (χ1) is 6.24. The summed E-state index contributed by atoms with van der Waals surface area (Å²) in [5.74, 6) is 0. The van der Waals surface area contributed by atoms with Gasteiger partial charge in [-0.2, -0.15) is 0 Å². The second-order valence-electron chi connectivity index (χ2n) is 3.06. The third-order valence-corrected chi connectivity index (χ3v) is 3.35. The Hall–Kier alpha value is -1.22. The van der Waals surface area contributed by atoms with Crippen LogP contribution in [-0.4, -0.2) is 0 Å². The molecule has 2 nitrogen and oxygen atoms in total. The van der Waals surface area contributed by atoms with E-state index in [4.69, 9.17) is 11.5 Å². The van der Waals surface area contributed by atoms with Crippen LogP contribution in [0.4, 0.5) is 11.4 Å². The van der Waals surface area contributed by atoms with E-state index >= 15 is 0 Å². The standard InChI is InChI=1S/C10H12N2S/c1-2-6-5-13-10-7(6)3-4-8(11)9(10)12/h3-5H,2,11-12H2,1H3. The lowest BCUT2D eigenvalue weighted by molar-refractivity contribution is 1.17. The van der Waals surface area contributed by atoms with E-state index in [1.54, 1.807) is 11.3 Å². The van der Waals surface area contributed by atoms with E-state index in [0.29, 0.717) is 5.69 Å². The van der Waals surface area contributed by atoms with Gasteiger partial charge in [0.15, 0.2) is 0 Å². The molecule has 0 saturated carbocycles. The van der Waals surface area contributed by atoms with Crippen LogP contribution in [0.15, 0.2) is 17.5 Å². The first-order valence-corrected chi connectivity index (χ1v) is 5.16. The molecule has 1 aromatic heterocycles. The zero-order valence-corrected chi connectivity index (χ0v) is 8.32.